The van der Waals surface area contributed by atoms with E-state index in [0.717, 1.165) is 25.0 Å². The van der Waals surface area contributed by atoms with E-state index < -0.39 is 0 Å². The molecule has 5 aliphatic rings. The third-order valence-electron chi connectivity index (χ3n) is 7.41. The first-order valence-electron chi connectivity index (χ1n) is 7.47. The van der Waals surface area contributed by atoms with Crippen molar-refractivity contribution in [1.82, 2.24) is 0 Å². The highest BCUT2D eigenvalue weighted by Crippen LogP contribution is 2.82. The zero-order valence-corrected chi connectivity index (χ0v) is 12.0. The minimum Gasteiger partial charge on any atom is -0.411 e. The molecule has 0 aromatic rings. The lowest BCUT2D eigenvalue weighted by atomic mass is 9.41. The fourth-order valence-corrected chi connectivity index (χ4v) is 6.76. The number of allylic oxidation sites excluding steroid dienone is 1. The van der Waals surface area contributed by atoms with Gasteiger partial charge in [0.25, 0.3) is 0 Å². The van der Waals surface area contributed by atoms with Crippen LogP contribution in [0.3, 0.4) is 0 Å². The van der Waals surface area contributed by atoms with E-state index in [0.29, 0.717) is 5.41 Å². The predicted molar refractivity (Wildman–Crippen MR) is 73.4 cm³/mol. The van der Waals surface area contributed by atoms with Gasteiger partial charge in [0.1, 0.15) is 5.60 Å². The third kappa shape index (κ3) is 0.902. The van der Waals surface area contributed by atoms with Crippen LogP contribution < -0.4 is 0 Å². The molecule has 0 heterocycles. The molecule has 5 saturated carbocycles. The third-order valence-corrected chi connectivity index (χ3v) is 7.41. The second-order valence-electron chi connectivity index (χ2n) is 7.45. The number of fused-ring (bicyclic) bond motifs is 1. The normalized spacial score (nSPS) is 56.9. The summed E-state index contributed by atoms with van der Waals surface area (Å²) in [6.07, 6.45) is 7.99. The molecule has 5 fully saturated rings. The topological polar surface area (TPSA) is 41.8 Å². The van der Waals surface area contributed by atoms with Gasteiger partial charge in [0.2, 0.25) is 0 Å². The van der Waals surface area contributed by atoms with E-state index in [2.05, 4.69) is 18.7 Å². The molecular weight excluding hydrogens is 238 g/mol. The van der Waals surface area contributed by atoms with Crippen LogP contribution in [0.4, 0.5) is 0 Å². The lowest BCUT2D eigenvalue weighted by molar-refractivity contribution is -0.126. The molecule has 4 atom stereocenters. The molecule has 0 aromatic heterocycles. The van der Waals surface area contributed by atoms with Crippen LogP contribution in [0.1, 0.15) is 51.9 Å². The Labute approximate surface area is 114 Å². The SMILES string of the molecule is C=C1C[C@@]2(C)/C(=N\O)[C@]3(OC)CC[C@]24CCC[C@]14C3. The Morgan fingerprint density at radius 2 is 2.05 bits per heavy atom. The molecule has 5 aliphatic carbocycles. The van der Waals surface area contributed by atoms with E-state index in [1.54, 1.807) is 7.11 Å². The van der Waals surface area contributed by atoms with Gasteiger partial charge in [-0.3, -0.25) is 0 Å². The van der Waals surface area contributed by atoms with E-state index in [9.17, 15) is 5.21 Å². The summed E-state index contributed by atoms with van der Waals surface area (Å²) in [5.74, 6) is 0. The maximum atomic E-state index is 9.67. The number of rotatable bonds is 1. The second kappa shape index (κ2) is 3.08. The minimum absolute atomic E-state index is 0.0398. The Kier molecular flexibility index (Phi) is 1.94. The zero-order valence-electron chi connectivity index (χ0n) is 12.0. The largest absolute Gasteiger partial charge is 0.411 e. The van der Waals surface area contributed by atoms with E-state index in [1.807, 2.05) is 0 Å². The summed E-state index contributed by atoms with van der Waals surface area (Å²) in [7, 11) is 1.78. The maximum Gasteiger partial charge on any atom is 0.110 e. The highest BCUT2D eigenvalue weighted by molar-refractivity contribution is 6.01. The number of oxime groups is 1. The number of nitrogens with zero attached hydrogens (tertiary/aromatic N) is 1. The van der Waals surface area contributed by atoms with Gasteiger partial charge in [-0.1, -0.05) is 30.7 Å². The molecule has 0 unspecified atom stereocenters. The molecule has 5 rings (SSSR count). The summed E-state index contributed by atoms with van der Waals surface area (Å²) < 4.78 is 5.93. The molecule has 0 aliphatic heterocycles. The molecule has 0 saturated heterocycles. The Bertz CT molecular complexity index is 513. The monoisotopic (exact) mass is 261 g/mol. The highest BCUT2D eigenvalue weighted by Gasteiger charge is 2.79. The van der Waals surface area contributed by atoms with E-state index in [-0.39, 0.29) is 16.4 Å². The van der Waals surface area contributed by atoms with E-state index >= 15 is 0 Å². The fraction of sp³-hybridized carbons (Fsp3) is 0.812. The molecule has 4 bridgehead atoms. The summed E-state index contributed by atoms with van der Waals surface area (Å²) in [6.45, 7) is 6.73. The van der Waals surface area contributed by atoms with Gasteiger partial charge in [0.15, 0.2) is 0 Å². The molecule has 1 N–H and O–H groups in total. The molecule has 3 nitrogen and oxygen atoms in total. The predicted octanol–water partition coefficient (Wildman–Crippen LogP) is 3.52. The van der Waals surface area contributed by atoms with Gasteiger partial charge in [-0.25, -0.2) is 0 Å². The van der Waals surface area contributed by atoms with Gasteiger partial charge >= 0.3 is 0 Å². The van der Waals surface area contributed by atoms with Gasteiger partial charge in [-0.15, -0.1) is 0 Å². The molecule has 0 radical (unpaired) electrons. The summed E-state index contributed by atoms with van der Waals surface area (Å²) in [4.78, 5) is 0. The standard InChI is InChI=1S/C16H23NO2/c1-11-9-13(2)12(17-18)15(19-3)7-8-16(13)6-4-5-14(11,16)10-15/h18H,1,4-10H2,2-3H3/b17-12+/t13-,14-,15-,16+/m0/s1. The lowest BCUT2D eigenvalue weighted by Gasteiger charge is -2.64. The molecular formula is C16H23NO2. The van der Waals surface area contributed by atoms with Crippen LogP contribution in [0.2, 0.25) is 0 Å². The average molecular weight is 261 g/mol. The summed E-state index contributed by atoms with van der Waals surface area (Å²) in [6, 6.07) is 0. The van der Waals surface area contributed by atoms with Gasteiger partial charge in [0, 0.05) is 17.9 Å². The number of hydrogen-bond donors (Lipinski definition) is 1. The molecule has 104 valence electrons. The van der Waals surface area contributed by atoms with Crippen LogP contribution in [0.5, 0.6) is 0 Å². The quantitative estimate of drug-likeness (QED) is 0.446. The second-order valence-corrected chi connectivity index (χ2v) is 7.45. The van der Waals surface area contributed by atoms with Gasteiger partial charge in [0.05, 0.1) is 5.71 Å². The number of methoxy groups -OCH3 is 1. The van der Waals surface area contributed by atoms with Crippen molar-refractivity contribution in [3.63, 3.8) is 0 Å². The Morgan fingerprint density at radius 1 is 1.26 bits per heavy atom. The molecule has 3 heteroatoms. The van der Waals surface area contributed by atoms with Crippen molar-refractivity contribution in [1.29, 1.82) is 0 Å². The molecule has 0 amide bonds. The summed E-state index contributed by atoms with van der Waals surface area (Å²) >= 11 is 0. The minimum atomic E-state index is -0.338. The van der Waals surface area contributed by atoms with E-state index in [1.165, 1.54) is 31.3 Å². The van der Waals surface area contributed by atoms with Crippen LogP contribution in [0, 0.1) is 16.2 Å². The van der Waals surface area contributed by atoms with Crippen molar-refractivity contribution in [3.8, 4) is 0 Å². The Balaban J connectivity index is 2.03. The van der Waals surface area contributed by atoms with Crippen LogP contribution in [-0.4, -0.2) is 23.6 Å². The molecule has 19 heavy (non-hydrogen) atoms. The van der Waals surface area contributed by atoms with Crippen molar-refractivity contribution in [3.05, 3.63) is 12.2 Å². The van der Waals surface area contributed by atoms with E-state index in [4.69, 9.17) is 4.74 Å². The molecule has 0 aromatic carbocycles. The van der Waals surface area contributed by atoms with Crippen molar-refractivity contribution < 1.29 is 9.94 Å². The van der Waals surface area contributed by atoms with Gasteiger partial charge in [-0.2, -0.15) is 0 Å². The van der Waals surface area contributed by atoms with Crippen LogP contribution in [0.25, 0.3) is 0 Å². The van der Waals surface area contributed by atoms with Gasteiger partial charge in [-0.05, 0) is 43.9 Å². The van der Waals surface area contributed by atoms with Crippen molar-refractivity contribution in [2.45, 2.75) is 57.5 Å². The van der Waals surface area contributed by atoms with Crippen LogP contribution in [0.15, 0.2) is 17.3 Å². The average Bonchev–Trinajstić information content (AvgIpc) is 2.84. The fourth-order valence-electron chi connectivity index (χ4n) is 6.76. The number of hydrogen-bond acceptors (Lipinski definition) is 3. The number of ether oxygens (including phenoxy) is 1. The summed E-state index contributed by atoms with van der Waals surface area (Å²) in [5, 5.41) is 13.4. The first-order valence-corrected chi connectivity index (χ1v) is 7.47. The van der Waals surface area contributed by atoms with Crippen molar-refractivity contribution in [2.75, 3.05) is 7.11 Å². The summed E-state index contributed by atoms with van der Waals surface area (Å²) in [5.41, 5.74) is 2.47. The van der Waals surface area contributed by atoms with Crippen LogP contribution in [-0.2, 0) is 4.74 Å². The first kappa shape index (κ1) is 12.0. The Hall–Kier alpha value is -0.830. The van der Waals surface area contributed by atoms with Crippen LogP contribution >= 0.6 is 0 Å². The lowest BCUT2D eigenvalue weighted by Crippen LogP contribution is -2.67. The van der Waals surface area contributed by atoms with Crippen molar-refractivity contribution in [2.24, 2.45) is 21.4 Å². The van der Waals surface area contributed by atoms with Crippen molar-refractivity contribution >= 4 is 5.71 Å². The highest BCUT2D eigenvalue weighted by atomic mass is 16.5. The first-order chi connectivity index (χ1) is 9.00. The zero-order chi connectivity index (χ0) is 13.5. The smallest absolute Gasteiger partial charge is 0.110 e. The maximum absolute atomic E-state index is 9.67. The molecule has 1 spiro atoms. The van der Waals surface area contributed by atoms with Gasteiger partial charge < -0.3 is 9.94 Å². The Morgan fingerprint density at radius 3 is 2.74 bits per heavy atom.